The second-order valence-electron chi connectivity index (χ2n) is 3.77. The van der Waals surface area contributed by atoms with Gasteiger partial charge in [-0.05, 0) is 59.1 Å². The highest BCUT2D eigenvalue weighted by Gasteiger charge is 2.00. The molecule has 0 heterocycles. The first-order chi connectivity index (χ1) is 9.04. The number of ether oxygens (including phenoxy) is 1. The highest BCUT2D eigenvalue weighted by molar-refractivity contribution is 9.11. The molecule has 1 atom stereocenters. The Morgan fingerprint density at radius 2 is 1.63 bits per heavy atom. The van der Waals surface area contributed by atoms with Gasteiger partial charge in [-0.25, -0.2) is 0 Å². The van der Waals surface area contributed by atoms with Crippen LogP contribution in [0.1, 0.15) is 5.56 Å². The molecule has 0 spiro atoms. The van der Waals surface area contributed by atoms with Crippen LogP contribution in [0.3, 0.4) is 0 Å². The quantitative estimate of drug-likeness (QED) is 0.722. The van der Waals surface area contributed by atoms with E-state index in [1.54, 1.807) is 12.1 Å². The van der Waals surface area contributed by atoms with Gasteiger partial charge in [-0.15, -0.1) is 0 Å². The van der Waals surface area contributed by atoms with Gasteiger partial charge < -0.3 is 9.29 Å². The third-order valence-electron chi connectivity index (χ3n) is 2.34. The standard InChI is InChI=1S/C13H10Br2O3S/c14-10-5-9(6-11(15)7-10)8-18-12-1-3-13(4-2-12)19(16)17/h1-7H,8H2,(H,16,17)/p-1. The fourth-order valence-electron chi connectivity index (χ4n) is 1.51. The molecule has 0 aliphatic carbocycles. The van der Waals surface area contributed by atoms with Crippen LogP contribution in [0.5, 0.6) is 5.75 Å². The van der Waals surface area contributed by atoms with Crippen molar-refractivity contribution in [1.82, 2.24) is 0 Å². The Morgan fingerprint density at radius 3 is 2.16 bits per heavy atom. The molecule has 3 nitrogen and oxygen atoms in total. The number of halogens is 2. The summed E-state index contributed by atoms with van der Waals surface area (Å²) >= 11 is 4.62. The molecule has 1 unspecified atom stereocenters. The molecule has 0 bridgehead atoms. The molecule has 0 saturated carbocycles. The number of benzene rings is 2. The number of hydrogen-bond acceptors (Lipinski definition) is 3. The van der Waals surface area contributed by atoms with E-state index in [4.69, 9.17) is 4.74 Å². The van der Waals surface area contributed by atoms with Gasteiger partial charge in [0, 0.05) is 13.8 Å². The first-order valence-corrected chi connectivity index (χ1v) is 7.98. The summed E-state index contributed by atoms with van der Waals surface area (Å²) in [5, 5.41) is 0. The van der Waals surface area contributed by atoms with E-state index in [0.717, 1.165) is 14.5 Å². The Morgan fingerprint density at radius 1 is 1.05 bits per heavy atom. The fraction of sp³-hybridized carbons (Fsp3) is 0.0769. The van der Waals surface area contributed by atoms with Crippen molar-refractivity contribution >= 4 is 42.9 Å². The monoisotopic (exact) mass is 403 g/mol. The van der Waals surface area contributed by atoms with E-state index < -0.39 is 11.1 Å². The minimum absolute atomic E-state index is 0.248. The van der Waals surface area contributed by atoms with Gasteiger partial charge in [0.1, 0.15) is 12.4 Å². The molecule has 0 aromatic heterocycles. The highest BCUT2D eigenvalue weighted by atomic mass is 79.9. The fourth-order valence-corrected chi connectivity index (χ4v) is 3.25. The lowest BCUT2D eigenvalue weighted by Crippen LogP contribution is -1.96. The topological polar surface area (TPSA) is 49.4 Å². The van der Waals surface area contributed by atoms with Gasteiger partial charge in [0.15, 0.2) is 0 Å². The van der Waals surface area contributed by atoms with Crippen molar-refractivity contribution in [3.8, 4) is 5.75 Å². The lowest BCUT2D eigenvalue weighted by molar-refractivity contribution is 0.306. The Hall–Kier alpha value is -0.690. The molecule has 2 aromatic rings. The molecule has 0 radical (unpaired) electrons. The van der Waals surface area contributed by atoms with Crippen molar-refractivity contribution < 1.29 is 13.5 Å². The van der Waals surface area contributed by atoms with Crippen molar-refractivity contribution in [2.75, 3.05) is 0 Å². The second-order valence-corrected chi connectivity index (χ2v) is 6.54. The van der Waals surface area contributed by atoms with Gasteiger partial charge >= 0.3 is 0 Å². The van der Waals surface area contributed by atoms with E-state index in [1.807, 2.05) is 18.2 Å². The van der Waals surface area contributed by atoms with Crippen LogP contribution < -0.4 is 4.74 Å². The summed E-state index contributed by atoms with van der Waals surface area (Å²) in [6.07, 6.45) is 0. The summed E-state index contributed by atoms with van der Waals surface area (Å²) in [5.41, 5.74) is 1.01. The molecule has 0 fully saturated rings. The van der Waals surface area contributed by atoms with Crippen molar-refractivity contribution in [2.45, 2.75) is 11.5 Å². The first kappa shape index (κ1) is 14.7. The molecule has 100 valence electrons. The maximum Gasteiger partial charge on any atom is 0.119 e. The normalized spacial score (nSPS) is 12.2. The second kappa shape index (κ2) is 6.65. The maximum absolute atomic E-state index is 10.7. The molecule has 2 rings (SSSR count). The van der Waals surface area contributed by atoms with Gasteiger partial charge in [-0.1, -0.05) is 31.9 Å². The van der Waals surface area contributed by atoms with Crippen molar-refractivity contribution in [2.24, 2.45) is 0 Å². The molecular formula is C13H9Br2O3S-. The van der Waals surface area contributed by atoms with E-state index in [1.165, 1.54) is 12.1 Å². The van der Waals surface area contributed by atoms with Crippen LogP contribution in [0.2, 0.25) is 0 Å². The summed E-state index contributed by atoms with van der Waals surface area (Å²) in [6, 6.07) is 12.2. The molecular weight excluding hydrogens is 396 g/mol. The van der Waals surface area contributed by atoms with Gasteiger partial charge in [-0.2, -0.15) is 0 Å². The smallest absolute Gasteiger partial charge is 0.119 e. The van der Waals surface area contributed by atoms with Crippen LogP contribution in [0.25, 0.3) is 0 Å². The summed E-state index contributed by atoms with van der Waals surface area (Å²) in [4.78, 5) is 0.248. The highest BCUT2D eigenvalue weighted by Crippen LogP contribution is 2.22. The average Bonchev–Trinajstić information content (AvgIpc) is 2.36. The Bertz CT molecular complexity index is 579. The maximum atomic E-state index is 10.7. The zero-order valence-electron chi connectivity index (χ0n) is 9.64. The van der Waals surface area contributed by atoms with Crippen LogP contribution in [-0.2, 0) is 17.7 Å². The molecule has 19 heavy (non-hydrogen) atoms. The van der Waals surface area contributed by atoms with Crippen molar-refractivity contribution in [1.29, 1.82) is 0 Å². The van der Waals surface area contributed by atoms with E-state index in [2.05, 4.69) is 31.9 Å². The SMILES string of the molecule is O=S([O-])c1ccc(OCc2cc(Br)cc(Br)c2)cc1. The number of hydrogen-bond donors (Lipinski definition) is 0. The lowest BCUT2D eigenvalue weighted by Gasteiger charge is -2.09. The predicted molar refractivity (Wildman–Crippen MR) is 79.8 cm³/mol. The largest absolute Gasteiger partial charge is 0.768 e. The zero-order chi connectivity index (χ0) is 13.8. The van der Waals surface area contributed by atoms with Crippen LogP contribution >= 0.6 is 31.9 Å². The van der Waals surface area contributed by atoms with Crippen molar-refractivity contribution in [3.63, 3.8) is 0 Å². The molecule has 0 aliphatic rings. The summed E-state index contributed by atoms with van der Waals surface area (Å²) in [5.74, 6) is 0.630. The minimum Gasteiger partial charge on any atom is -0.768 e. The third-order valence-corrected chi connectivity index (χ3v) is 3.92. The van der Waals surface area contributed by atoms with Gasteiger partial charge in [-0.3, -0.25) is 4.21 Å². The summed E-state index contributed by atoms with van der Waals surface area (Å²) < 4.78 is 29.0. The molecule has 0 saturated heterocycles. The zero-order valence-corrected chi connectivity index (χ0v) is 13.6. The van der Waals surface area contributed by atoms with Crippen LogP contribution in [0, 0.1) is 0 Å². The Labute approximate surface area is 130 Å². The molecule has 6 heteroatoms. The van der Waals surface area contributed by atoms with Crippen molar-refractivity contribution in [3.05, 3.63) is 57.0 Å². The Kier molecular flexibility index (Phi) is 5.15. The molecule has 0 aliphatic heterocycles. The molecule has 2 aromatic carbocycles. The lowest BCUT2D eigenvalue weighted by atomic mass is 10.2. The first-order valence-electron chi connectivity index (χ1n) is 5.32. The minimum atomic E-state index is -2.20. The van der Waals surface area contributed by atoms with E-state index in [9.17, 15) is 8.76 Å². The van der Waals surface area contributed by atoms with Gasteiger partial charge in [0.2, 0.25) is 0 Å². The van der Waals surface area contributed by atoms with E-state index >= 15 is 0 Å². The average molecular weight is 405 g/mol. The Balaban J connectivity index is 2.03. The van der Waals surface area contributed by atoms with Crippen LogP contribution in [0.15, 0.2) is 56.3 Å². The summed E-state index contributed by atoms with van der Waals surface area (Å²) in [7, 11) is 0. The molecule has 0 amide bonds. The van der Waals surface area contributed by atoms with E-state index in [-0.39, 0.29) is 4.90 Å². The predicted octanol–water partition coefficient (Wildman–Crippen LogP) is 4.03. The van der Waals surface area contributed by atoms with Gasteiger partial charge in [0.25, 0.3) is 0 Å². The van der Waals surface area contributed by atoms with Crippen LogP contribution in [-0.4, -0.2) is 8.76 Å². The number of rotatable bonds is 4. The summed E-state index contributed by atoms with van der Waals surface area (Å²) in [6.45, 7) is 0.415. The van der Waals surface area contributed by atoms with Crippen LogP contribution in [0.4, 0.5) is 0 Å². The molecule has 0 N–H and O–H groups in total. The third kappa shape index (κ3) is 4.42. The van der Waals surface area contributed by atoms with E-state index in [0.29, 0.717) is 12.4 Å². The van der Waals surface area contributed by atoms with Gasteiger partial charge in [0.05, 0.1) is 0 Å².